The maximum Gasteiger partial charge on any atom is 0.254 e. The zero-order valence-corrected chi connectivity index (χ0v) is 10.9. The van der Waals surface area contributed by atoms with Crippen molar-refractivity contribution in [2.24, 2.45) is 0 Å². The van der Waals surface area contributed by atoms with E-state index in [2.05, 4.69) is 5.32 Å². The largest absolute Gasteiger partial charge is 0.369 e. The summed E-state index contributed by atoms with van der Waals surface area (Å²) in [5.74, 6) is 0.132. The molecule has 0 aromatic carbocycles. The molecule has 0 aromatic heterocycles. The van der Waals surface area contributed by atoms with Crippen molar-refractivity contribution in [3.8, 4) is 0 Å². The second-order valence-electron chi connectivity index (χ2n) is 4.64. The van der Waals surface area contributed by atoms with Gasteiger partial charge in [0.15, 0.2) is 0 Å². The van der Waals surface area contributed by atoms with E-state index in [4.69, 9.17) is 4.74 Å². The molecule has 1 aliphatic heterocycles. The van der Waals surface area contributed by atoms with Crippen LogP contribution in [0.3, 0.4) is 0 Å². The van der Waals surface area contributed by atoms with Gasteiger partial charge < -0.3 is 15.0 Å². The van der Waals surface area contributed by atoms with E-state index in [0.717, 1.165) is 25.9 Å². The van der Waals surface area contributed by atoms with E-state index in [1.165, 1.54) is 0 Å². The number of nitrogens with zero attached hydrogens (tertiary/aromatic N) is 1. The summed E-state index contributed by atoms with van der Waals surface area (Å²) in [6.45, 7) is 5.54. The first-order valence-electron chi connectivity index (χ1n) is 6.09. The van der Waals surface area contributed by atoms with Crippen molar-refractivity contribution in [2.75, 3.05) is 27.2 Å². The summed E-state index contributed by atoms with van der Waals surface area (Å²) >= 11 is 0. The SMILES string of the molecule is CCC(C)(OC)C(=O)N1CCC(NC)CC1. The number of likely N-dealkylation sites (tertiary alicyclic amines) is 1. The summed E-state index contributed by atoms with van der Waals surface area (Å²) < 4.78 is 5.35. The number of rotatable bonds is 4. The fraction of sp³-hybridized carbons (Fsp3) is 0.917. The van der Waals surface area contributed by atoms with E-state index in [1.807, 2.05) is 25.8 Å². The summed E-state index contributed by atoms with van der Waals surface area (Å²) in [5.41, 5.74) is -0.646. The maximum absolute atomic E-state index is 12.3. The van der Waals surface area contributed by atoms with E-state index in [1.54, 1.807) is 7.11 Å². The lowest BCUT2D eigenvalue weighted by Gasteiger charge is -2.37. The van der Waals surface area contributed by atoms with Gasteiger partial charge in [-0.15, -0.1) is 0 Å². The van der Waals surface area contributed by atoms with Gasteiger partial charge in [0.1, 0.15) is 5.60 Å². The predicted octanol–water partition coefficient (Wildman–Crippen LogP) is 1.01. The van der Waals surface area contributed by atoms with Crippen molar-refractivity contribution in [1.82, 2.24) is 10.2 Å². The first-order chi connectivity index (χ1) is 7.57. The van der Waals surface area contributed by atoms with Crippen molar-refractivity contribution in [2.45, 2.75) is 44.8 Å². The van der Waals surface area contributed by atoms with Crippen LogP contribution in [0, 0.1) is 0 Å². The summed E-state index contributed by atoms with van der Waals surface area (Å²) in [7, 11) is 3.59. The van der Waals surface area contributed by atoms with Gasteiger partial charge in [-0.1, -0.05) is 6.92 Å². The quantitative estimate of drug-likeness (QED) is 0.781. The van der Waals surface area contributed by atoms with Crippen LogP contribution in [0.2, 0.25) is 0 Å². The summed E-state index contributed by atoms with van der Waals surface area (Å²) in [6, 6.07) is 0.555. The Balaban J connectivity index is 2.56. The minimum atomic E-state index is -0.646. The van der Waals surface area contributed by atoms with Gasteiger partial charge in [0.25, 0.3) is 5.91 Å². The normalized spacial score (nSPS) is 21.9. The van der Waals surface area contributed by atoms with Crippen molar-refractivity contribution in [3.63, 3.8) is 0 Å². The molecule has 0 aliphatic carbocycles. The summed E-state index contributed by atoms with van der Waals surface area (Å²) in [4.78, 5) is 14.2. The first kappa shape index (κ1) is 13.5. The van der Waals surface area contributed by atoms with Crippen LogP contribution in [0.1, 0.15) is 33.1 Å². The van der Waals surface area contributed by atoms with E-state index in [0.29, 0.717) is 12.5 Å². The molecule has 0 aromatic rings. The molecule has 0 bridgehead atoms. The van der Waals surface area contributed by atoms with E-state index in [-0.39, 0.29) is 5.91 Å². The molecule has 1 rings (SSSR count). The molecule has 1 heterocycles. The lowest BCUT2D eigenvalue weighted by atomic mass is 9.98. The first-order valence-corrected chi connectivity index (χ1v) is 6.09. The van der Waals surface area contributed by atoms with Gasteiger partial charge in [0, 0.05) is 26.2 Å². The van der Waals surface area contributed by atoms with Crippen molar-refractivity contribution in [3.05, 3.63) is 0 Å². The summed E-state index contributed by atoms with van der Waals surface area (Å²) in [5, 5.41) is 3.26. The summed E-state index contributed by atoms with van der Waals surface area (Å²) in [6.07, 6.45) is 2.78. The Kier molecular flexibility index (Phi) is 4.74. The molecule has 1 unspecified atom stereocenters. The Hall–Kier alpha value is -0.610. The van der Waals surface area contributed by atoms with Gasteiger partial charge in [-0.2, -0.15) is 0 Å². The standard InChI is InChI=1S/C12H24N2O2/c1-5-12(2,16-4)11(15)14-8-6-10(13-3)7-9-14/h10,13H,5-9H2,1-4H3. The van der Waals surface area contributed by atoms with Gasteiger partial charge >= 0.3 is 0 Å². The van der Waals surface area contributed by atoms with Crippen LogP contribution in [-0.2, 0) is 9.53 Å². The minimum Gasteiger partial charge on any atom is -0.369 e. The molecule has 16 heavy (non-hydrogen) atoms. The molecule has 0 spiro atoms. The third kappa shape index (κ3) is 2.74. The highest BCUT2D eigenvalue weighted by atomic mass is 16.5. The number of nitrogens with one attached hydrogen (secondary N) is 1. The molecule has 1 amide bonds. The lowest BCUT2D eigenvalue weighted by Crippen LogP contribution is -2.52. The highest BCUT2D eigenvalue weighted by Crippen LogP contribution is 2.20. The zero-order chi connectivity index (χ0) is 12.2. The molecule has 1 fully saturated rings. The monoisotopic (exact) mass is 228 g/mol. The predicted molar refractivity (Wildman–Crippen MR) is 64.4 cm³/mol. The highest BCUT2D eigenvalue weighted by molar-refractivity contribution is 5.84. The van der Waals surface area contributed by atoms with Gasteiger partial charge in [0.05, 0.1) is 0 Å². The average molecular weight is 228 g/mol. The number of carbonyl (C=O) groups excluding carboxylic acids is 1. The third-order valence-electron chi connectivity index (χ3n) is 3.77. The molecular formula is C12H24N2O2. The lowest BCUT2D eigenvalue weighted by molar-refractivity contribution is -0.154. The van der Waals surface area contributed by atoms with Crippen LogP contribution in [-0.4, -0.2) is 49.7 Å². The van der Waals surface area contributed by atoms with Crippen LogP contribution < -0.4 is 5.32 Å². The molecule has 4 heteroatoms. The zero-order valence-electron chi connectivity index (χ0n) is 10.9. The molecule has 0 radical (unpaired) electrons. The molecule has 4 nitrogen and oxygen atoms in total. The number of hydrogen-bond donors (Lipinski definition) is 1. The number of hydrogen-bond acceptors (Lipinski definition) is 3. The van der Waals surface area contributed by atoms with Crippen LogP contribution in [0.25, 0.3) is 0 Å². The fourth-order valence-corrected chi connectivity index (χ4v) is 2.09. The average Bonchev–Trinajstić information content (AvgIpc) is 2.37. The molecule has 1 N–H and O–H groups in total. The van der Waals surface area contributed by atoms with Crippen molar-refractivity contribution < 1.29 is 9.53 Å². The minimum absolute atomic E-state index is 0.132. The van der Waals surface area contributed by atoms with Crippen molar-refractivity contribution in [1.29, 1.82) is 0 Å². The Morgan fingerprint density at radius 2 is 2.06 bits per heavy atom. The number of piperidine rings is 1. The Morgan fingerprint density at radius 3 is 2.44 bits per heavy atom. The maximum atomic E-state index is 12.3. The van der Waals surface area contributed by atoms with Crippen LogP contribution in [0.15, 0.2) is 0 Å². The second-order valence-corrected chi connectivity index (χ2v) is 4.64. The number of ether oxygens (including phenoxy) is 1. The van der Waals surface area contributed by atoms with Gasteiger partial charge in [-0.25, -0.2) is 0 Å². The van der Waals surface area contributed by atoms with Crippen molar-refractivity contribution >= 4 is 5.91 Å². The molecule has 94 valence electrons. The van der Waals surface area contributed by atoms with E-state index >= 15 is 0 Å². The molecule has 1 saturated heterocycles. The highest BCUT2D eigenvalue weighted by Gasteiger charge is 2.36. The number of methoxy groups -OCH3 is 1. The van der Waals surface area contributed by atoms with Gasteiger partial charge in [-0.05, 0) is 33.2 Å². The smallest absolute Gasteiger partial charge is 0.254 e. The third-order valence-corrected chi connectivity index (χ3v) is 3.77. The Bertz CT molecular complexity index is 231. The number of amides is 1. The van der Waals surface area contributed by atoms with Gasteiger partial charge in [0.2, 0.25) is 0 Å². The second kappa shape index (κ2) is 5.64. The van der Waals surface area contributed by atoms with E-state index in [9.17, 15) is 4.79 Å². The van der Waals surface area contributed by atoms with Crippen LogP contribution in [0.5, 0.6) is 0 Å². The molecule has 0 saturated carbocycles. The fourth-order valence-electron chi connectivity index (χ4n) is 2.09. The van der Waals surface area contributed by atoms with Crippen LogP contribution in [0.4, 0.5) is 0 Å². The number of carbonyl (C=O) groups is 1. The molecule has 1 aliphatic rings. The molecular weight excluding hydrogens is 204 g/mol. The topological polar surface area (TPSA) is 41.6 Å². The molecule has 1 atom stereocenters. The van der Waals surface area contributed by atoms with Gasteiger partial charge in [-0.3, -0.25) is 4.79 Å². The Morgan fingerprint density at radius 1 is 1.50 bits per heavy atom. The van der Waals surface area contributed by atoms with E-state index < -0.39 is 5.60 Å². The Labute approximate surface area is 98.3 Å². The van der Waals surface area contributed by atoms with Crippen LogP contribution >= 0.6 is 0 Å².